The summed E-state index contributed by atoms with van der Waals surface area (Å²) >= 11 is 0. The van der Waals surface area contributed by atoms with Gasteiger partial charge < -0.3 is 9.64 Å². The van der Waals surface area contributed by atoms with Gasteiger partial charge in [0, 0.05) is 12.5 Å². The molecule has 0 bridgehead atoms. The summed E-state index contributed by atoms with van der Waals surface area (Å²) in [6.07, 6.45) is 8.46. The van der Waals surface area contributed by atoms with E-state index in [2.05, 4.69) is 50.8 Å². The van der Waals surface area contributed by atoms with Crippen molar-refractivity contribution in [2.45, 2.75) is 47.1 Å². The number of aromatic nitrogens is 3. The van der Waals surface area contributed by atoms with Gasteiger partial charge in [0.25, 0.3) is 0 Å². The molecule has 1 aromatic heterocycles. The van der Waals surface area contributed by atoms with Crippen LogP contribution in [-0.4, -0.2) is 40.9 Å². The SMILES string of the molecule is CC/C=C\C(=C/Cc1nc(CN(C)C)nn1-c1cccc(OC)c1)C(C)(C)C. The summed E-state index contributed by atoms with van der Waals surface area (Å²) in [6, 6.07) is 7.94. The monoisotopic (exact) mass is 382 g/mol. The van der Waals surface area contributed by atoms with Crippen LogP contribution in [0.1, 0.15) is 45.8 Å². The third kappa shape index (κ3) is 6.06. The van der Waals surface area contributed by atoms with E-state index in [0.717, 1.165) is 35.9 Å². The second-order valence-corrected chi connectivity index (χ2v) is 8.22. The second kappa shape index (κ2) is 9.69. The molecule has 0 radical (unpaired) electrons. The zero-order valence-corrected chi connectivity index (χ0v) is 18.4. The molecule has 0 aliphatic rings. The second-order valence-electron chi connectivity index (χ2n) is 8.22. The van der Waals surface area contributed by atoms with Crippen molar-refractivity contribution < 1.29 is 4.74 Å². The summed E-state index contributed by atoms with van der Waals surface area (Å²) in [5.74, 6) is 2.55. The molecular weight excluding hydrogens is 348 g/mol. The third-order valence-corrected chi connectivity index (χ3v) is 4.38. The highest BCUT2D eigenvalue weighted by atomic mass is 16.5. The van der Waals surface area contributed by atoms with Gasteiger partial charge in [-0.05, 0) is 43.6 Å². The Balaban J connectivity index is 2.44. The Hall–Kier alpha value is -2.40. The van der Waals surface area contributed by atoms with Crippen LogP contribution in [0.4, 0.5) is 0 Å². The van der Waals surface area contributed by atoms with Gasteiger partial charge in [0.05, 0.1) is 19.3 Å². The highest BCUT2D eigenvalue weighted by Crippen LogP contribution is 2.27. The maximum Gasteiger partial charge on any atom is 0.165 e. The molecule has 5 nitrogen and oxygen atoms in total. The van der Waals surface area contributed by atoms with E-state index in [-0.39, 0.29) is 5.41 Å². The summed E-state index contributed by atoms with van der Waals surface area (Å²) in [6.45, 7) is 9.58. The minimum atomic E-state index is 0.0823. The van der Waals surface area contributed by atoms with Gasteiger partial charge >= 0.3 is 0 Å². The Kier molecular flexibility index (Phi) is 7.58. The van der Waals surface area contributed by atoms with Gasteiger partial charge in [0.2, 0.25) is 0 Å². The Morgan fingerprint density at radius 1 is 1.25 bits per heavy atom. The van der Waals surface area contributed by atoms with E-state index in [1.54, 1.807) is 7.11 Å². The normalized spacial score (nSPS) is 12.9. The van der Waals surface area contributed by atoms with E-state index >= 15 is 0 Å². The lowest BCUT2D eigenvalue weighted by Gasteiger charge is -2.20. The maximum atomic E-state index is 5.38. The summed E-state index contributed by atoms with van der Waals surface area (Å²) in [7, 11) is 5.73. The molecule has 2 aromatic rings. The molecule has 1 aromatic carbocycles. The number of benzene rings is 1. The predicted octanol–water partition coefficient (Wildman–Crippen LogP) is 4.82. The Morgan fingerprint density at radius 2 is 2.00 bits per heavy atom. The first-order valence-corrected chi connectivity index (χ1v) is 9.85. The molecule has 0 saturated heterocycles. The molecule has 0 fully saturated rings. The van der Waals surface area contributed by atoms with Crippen molar-refractivity contribution in [1.29, 1.82) is 0 Å². The van der Waals surface area contributed by atoms with E-state index in [0.29, 0.717) is 6.54 Å². The van der Waals surface area contributed by atoms with Crippen LogP contribution in [0, 0.1) is 5.41 Å². The van der Waals surface area contributed by atoms with Crippen LogP contribution in [0.3, 0.4) is 0 Å². The highest BCUT2D eigenvalue weighted by molar-refractivity contribution is 5.39. The van der Waals surface area contributed by atoms with Crippen LogP contribution in [-0.2, 0) is 13.0 Å². The third-order valence-electron chi connectivity index (χ3n) is 4.38. The number of hydrogen-bond acceptors (Lipinski definition) is 4. The van der Waals surface area contributed by atoms with Crippen molar-refractivity contribution in [3.63, 3.8) is 0 Å². The minimum absolute atomic E-state index is 0.0823. The lowest BCUT2D eigenvalue weighted by Crippen LogP contribution is -2.12. The number of allylic oxidation sites excluding steroid dienone is 4. The van der Waals surface area contributed by atoms with Crippen molar-refractivity contribution in [2.75, 3.05) is 21.2 Å². The molecule has 0 aliphatic heterocycles. The van der Waals surface area contributed by atoms with Crippen LogP contribution < -0.4 is 4.74 Å². The van der Waals surface area contributed by atoms with Crippen molar-refractivity contribution in [1.82, 2.24) is 19.7 Å². The van der Waals surface area contributed by atoms with Gasteiger partial charge in [-0.15, -0.1) is 5.10 Å². The molecule has 152 valence electrons. The molecule has 0 unspecified atom stereocenters. The number of hydrogen-bond donors (Lipinski definition) is 0. The molecule has 5 heteroatoms. The number of methoxy groups -OCH3 is 1. The molecule has 0 saturated carbocycles. The van der Waals surface area contributed by atoms with E-state index in [9.17, 15) is 0 Å². The molecular formula is C23H34N4O. The number of ether oxygens (including phenoxy) is 1. The van der Waals surface area contributed by atoms with Crippen LogP contribution in [0.2, 0.25) is 0 Å². The van der Waals surface area contributed by atoms with Crippen molar-refractivity contribution in [3.8, 4) is 11.4 Å². The van der Waals surface area contributed by atoms with Gasteiger partial charge in [0.15, 0.2) is 5.82 Å². The molecule has 2 rings (SSSR count). The van der Waals surface area contributed by atoms with Crippen molar-refractivity contribution >= 4 is 0 Å². The molecule has 0 spiro atoms. The minimum Gasteiger partial charge on any atom is -0.497 e. The standard InChI is InChI=1S/C23H34N4O/c1-8-9-11-18(23(2,3)4)14-15-22-24-21(17-26(5)6)25-27(22)19-12-10-13-20(16-19)28-7/h9-14,16H,8,15,17H2,1-7H3/b11-9-,18-14+. The lowest BCUT2D eigenvalue weighted by atomic mass is 9.85. The van der Waals surface area contributed by atoms with E-state index in [1.807, 2.05) is 43.0 Å². The summed E-state index contributed by atoms with van der Waals surface area (Å²) < 4.78 is 7.32. The molecule has 0 amide bonds. The summed E-state index contributed by atoms with van der Waals surface area (Å²) in [4.78, 5) is 6.90. The Morgan fingerprint density at radius 3 is 2.61 bits per heavy atom. The van der Waals surface area contributed by atoms with E-state index in [1.165, 1.54) is 5.57 Å². The Bertz CT molecular complexity index is 825. The predicted molar refractivity (Wildman–Crippen MR) is 116 cm³/mol. The summed E-state index contributed by atoms with van der Waals surface area (Å²) in [5.41, 5.74) is 2.35. The zero-order valence-electron chi connectivity index (χ0n) is 18.4. The van der Waals surface area contributed by atoms with Gasteiger partial charge in [0.1, 0.15) is 11.6 Å². The summed E-state index contributed by atoms with van der Waals surface area (Å²) in [5, 5.41) is 4.76. The molecule has 28 heavy (non-hydrogen) atoms. The molecule has 0 aliphatic carbocycles. The maximum absolute atomic E-state index is 5.38. The van der Waals surface area contributed by atoms with E-state index < -0.39 is 0 Å². The van der Waals surface area contributed by atoms with Crippen molar-refractivity contribution in [3.05, 3.63) is 59.7 Å². The average Bonchev–Trinajstić information content (AvgIpc) is 3.02. The van der Waals surface area contributed by atoms with Crippen LogP contribution in [0.25, 0.3) is 5.69 Å². The first kappa shape index (κ1) is 21.9. The average molecular weight is 383 g/mol. The topological polar surface area (TPSA) is 43.2 Å². The van der Waals surface area contributed by atoms with Gasteiger partial charge in [-0.25, -0.2) is 9.67 Å². The fourth-order valence-corrected chi connectivity index (χ4v) is 2.89. The first-order valence-electron chi connectivity index (χ1n) is 9.85. The van der Waals surface area contributed by atoms with Gasteiger partial charge in [-0.1, -0.05) is 52.0 Å². The fourth-order valence-electron chi connectivity index (χ4n) is 2.89. The van der Waals surface area contributed by atoms with Crippen molar-refractivity contribution in [2.24, 2.45) is 5.41 Å². The zero-order chi connectivity index (χ0) is 20.7. The van der Waals surface area contributed by atoms with Crippen LogP contribution >= 0.6 is 0 Å². The van der Waals surface area contributed by atoms with E-state index in [4.69, 9.17) is 14.8 Å². The highest BCUT2D eigenvalue weighted by Gasteiger charge is 2.16. The fraction of sp³-hybridized carbons (Fsp3) is 0.478. The largest absolute Gasteiger partial charge is 0.497 e. The molecule has 0 N–H and O–H groups in total. The Labute approximate surface area is 169 Å². The number of nitrogens with zero attached hydrogens (tertiary/aromatic N) is 4. The first-order chi connectivity index (χ1) is 13.2. The number of rotatable bonds is 8. The lowest BCUT2D eigenvalue weighted by molar-refractivity contribution is 0.390. The van der Waals surface area contributed by atoms with Gasteiger partial charge in [-0.2, -0.15) is 0 Å². The van der Waals surface area contributed by atoms with Crippen LogP contribution in [0.5, 0.6) is 5.75 Å². The van der Waals surface area contributed by atoms with Crippen LogP contribution in [0.15, 0.2) is 48.1 Å². The molecule has 1 heterocycles. The smallest absolute Gasteiger partial charge is 0.165 e. The quantitative estimate of drug-likeness (QED) is 0.614. The van der Waals surface area contributed by atoms with Gasteiger partial charge in [-0.3, -0.25) is 0 Å². The molecule has 0 atom stereocenters.